The number of hydrogen-bond acceptors (Lipinski definition) is 3. The average molecular weight is 294 g/mol. The van der Waals surface area contributed by atoms with Crippen molar-refractivity contribution in [3.05, 3.63) is 29.3 Å². The molecule has 1 aromatic carbocycles. The lowest BCUT2D eigenvalue weighted by Crippen LogP contribution is -2.40. The molecule has 5 heteroatoms. The summed E-state index contributed by atoms with van der Waals surface area (Å²) in [7, 11) is 1.65. The van der Waals surface area contributed by atoms with Gasteiger partial charge in [-0.05, 0) is 37.0 Å². The molecule has 1 aromatic rings. The number of carbonyl (C=O) groups excluding carboxylic acids is 1. The lowest BCUT2D eigenvalue weighted by Gasteiger charge is -2.12. The fourth-order valence-corrected chi connectivity index (χ4v) is 2.05. The van der Waals surface area contributed by atoms with Gasteiger partial charge in [0.25, 0.3) is 0 Å². The smallest absolute Gasteiger partial charge is 0.314 e. The second-order valence-corrected chi connectivity index (χ2v) is 5.13. The molecular weight excluding hydrogens is 268 g/mol. The van der Waals surface area contributed by atoms with E-state index < -0.39 is 6.10 Å². The van der Waals surface area contributed by atoms with E-state index in [1.165, 1.54) is 0 Å². The van der Waals surface area contributed by atoms with Crippen molar-refractivity contribution in [2.75, 3.05) is 20.2 Å². The normalized spacial score (nSPS) is 11.8. The van der Waals surface area contributed by atoms with E-state index in [0.717, 1.165) is 29.7 Å². The first kappa shape index (κ1) is 17.3. The van der Waals surface area contributed by atoms with E-state index in [4.69, 9.17) is 4.74 Å². The maximum absolute atomic E-state index is 11.6. The molecule has 0 aliphatic heterocycles. The van der Waals surface area contributed by atoms with Gasteiger partial charge in [-0.25, -0.2) is 4.79 Å². The number of urea groups is 1. The summed E-state index contributed by atoms with van der Waals surface area (Å²) >= 11 is 0. The fourth-order valence-electron chi connectivity index (χ4n) is 2.05. The predicted octanol–water partition coefficient (Wildman–Crippen LogP) is 2.01. The molecule has 1 unspecified atom stereocenters. The molecule has 0 radical (unpaired) electrons. The highest BCUT2D eigenvalue weighted by atomic mass is 16.5. The maximum atomic E-state index is 11.6. The van der Waals surface area contributed by atoms with Crippen LogP contribution in [0.2, 0.25) is 0 Å². The summed E-state index contributed by atoms with van der Waals surface area (Å²) in [6, 6.07) is 5.78. The van der Waals surface area contributed by atoms with Crippen molar-refractivity contribution in [2.24, 2.45) is 0 Å². The van der Waals surface area contributed by atoms with Gasteiger partial charge in [0.15, 0.2) is 0 Å². The van der Waals surface area contributed by atoms with Crippen LogP contribution >= 0.6 is 0 Å². The largest absolute Gasteiger partial charge is 0.496 e. The minimum Gasteiger partial charge on any atom is -0.496 e. The highest BCUT2D eigenvalue weighted by Crippen LogP contribution is 2.18. The molecule has 0 aromatic heterocycles. The standard InChI is InChI=1S/C16H26N2O3/c1-4-5-14(19)11-18-16(20)17-9-8-13-7-6-12(2)15(10-13)21-3/h6-7,10,14,19H,4-5,8-9,11H2,1-3H3,(H2,17,18,20). The monoisotopic (exact) mass is 294 g/mol. The summed E-state index contributed by atoms with van der Waals surface area (Å²) in [5.74, 6) is 0.861. The number of nitrogens with one attached hydrogen (secondary N) is 2. The Balaban J connectivity index is 2.28. The van der Waals surface area contributed by atoms with Crippen LogP contribution in [-0.4, -0.2) is 37.4 Å². The number of ether oxygens (including phenoxy) is 1. The lowest BCUT2D eigenvalue weighted by molar-refractivity contribution is 0.160. The zero-order valence-corrected chi connectivity index (χ0v) is 13.1. The zero-order chi connectivity index (χ0) is 15.7. The van der Waals surface area contributed by atoms with Crippen LogP contribution in [0.3, 0.4) is 0 Å². The summed E-state index contributed by atoms with van der Waals surface area (Å²) in [5.41, 5.74) is 2.21. The van der Waals surface area contributed by atoms with Crippen LogP contribution in [0.4, 0.5) is 4.79 Å². The Morgan fingerprint density at radius 2 is 2.14 bits per heavy atom. The van der Waals surface area contributed by atoms with Gasteiger partial charge in [-0.3, -0.25) is 0 Å². The molecule has 0 bridgehead atoms. The van der Waals surface area contributed by atoms with Gasteiger partial charge in [-0.15, -0.1) is 0 Å². The van der Waals surface area contributed by atoms with Crippen LogP contribution in [0.1, 0.15) is 30.9 Å². The van der Waals surface area contributed by atoms with Crippen molar-refractivity contribution in [2.45, 2.75) is 39.2 Å². The summed E-state index contributed by atoms with van der Waals surface area (Å²) in [4.78, 5) is 11.6. The van der Waals surface area contributed by atoms with Gasteiger partial charge in [0.1, 0.15) is 5.75 Å². The Morgan fingerprint density at radius 3 is 2.81 bits per heavy atom. The van der Waals surface area contributed by atoms with E-state index >= 15 is 0 Å². The lowest BCUT2D eigenvalue weighted by atomic mass is 10.1. The Morgan fingerprint density at radius 1 is 1.38 bits per heavy atom. The number of aliphatic hydroxyl groups is 1. The molecule has 0 saturated heterocycles. The Kier molecular flexibility index (Phi) is 7.61. The number of benzene rings is 1. The van der Waals surface area contributed by atoms with Gasteiger partial charge in [0.2, 0.25) is 0 Å². The van der Waals surface area contributed by atoms with Gasteiger partial charge >= 0.3 is 6.03 Å². The molecule has 0 aliphatic rings. The minimum absolute atomic E-state index is 0.246. The highest BCUT2D eigenvalue weighted by Gasteiger charge is 2.06. The number of carbonyl (C=O) groups is 1. The van der Waals surface area contributed by atoms with Gasteiger partial charge < -0.3 is 20.5 Å². The molecule has 1 rings (SSSR count). The number of methoxy groups -OCH3 is 1. The molecule has 3 N–H and O–H groups in total. The third-order valence-corrected chi connectivity index (χ3v) is 3.29. The first-order valence-electron chi connectivity index (χ1n) is 7.40. The van der Waals surface area contributed by atoms with Gasteiger partial charge in [0.05, 0.1) is 13.2 Å². The SMILES string of the molecule is CCCC(O)CNC(=O)NCCc1ccc(C)c(OC)c1. The summed E-state index contributed by atoms with van der Waals surface area (Å²) in [6.07, 6.45) is 1.87. The van der Waals surface area contributed by atoms with Gasteiger partial charge in [0, 0.05) is 13.1 Å². The van der Waals surface area contributed by atoms with Crippen molar-refractivity contribution in [1.82, 2.24) is 10.6 Å². The van der Waals surface area contributed by atoms with Crippen LogP contribution in [-0.2, 0) is 6.42 Å². The molecule has 0 spiro atoms. The number of aryl methyl sites for hydroxylation is 1. The number of hydrogen-bond donors (Lipinski definition) is 3. The summed E-state index contributed by atoms with van der Waals surface area (Å²) in [6.45, 7) is 4.83. The quantitative estimate of drug-likeness (QED) is 0.687. The highest BCUT2D eigenvalue weighted by molar-refractivity contribution is 5.73. The number of rotatable bonds is 8. The van der Waals surface area contributed by atoms with E-state index in [2.05, 4.69) is 10.6 Å². The second-order valence-electron chi connectivity index (χ2n) is 5.13. The third-order valence-electron chi connectivity index (χ3n) is 3.29. The molecule has 0 fully saturated rings. The topological polar surface area (TPSA) is 70.6 Å². The Labute approximate surface area is 126 Å². The Hall–Kier alpha value is -1.75. The van der Waals surface area contributed by atoms with Crippen molar-refractivity contribution in [1.29, 1.82) is 0 Å². The number of amides is 2. The van der Waals surface area contributed by atoms with Crippen molar-refractivity contribution >= 4 is 6.03 Å². The van der Waals surface area contributed by atoms with E-state index in [1.54, 1.807) is 7.11 Å². The van der Waals surface area contributed by atoms with Crippen molar-refractivity contribution in [3.8, 4) is 5.75 Å². The van der Waals surface area contributed by atoms with Crippen LogP contribution in [0, 0.1) is 6.92 Å². The molecule has 118 valence electrons. The summed E-state index contributed by atoms with van der Waals surface area (Å²) in [5, 5.41) is 15.0. The molecule has 21 heavy (non-hydrogen) atoms. The van der Waals surface area contributed by atoms with Crippen LogP contribution < -0.4 is 15.4 Å². The second kappa shape index (κ2) is 9.23. The van der Waals surface area contributed by atoms with Crippen LogP contribution in [0.15, 0.2) is 18.2 Å². The molecule has 0 saturated carbocycles. The van der Waals surface area contributed by atoms with Crippen molar-refractivity contribution in [3.63, 3.8) is 0 Å². The predicted molar refractivity (Wildman–Crippen MR) is 83.8 cm³/mol. The summed E-state index contributed by atoms with van der Waals surface area (Å²) < 4.78 is 5.27. The van der Waals surface area contributed by atoms with E-state index in [1.807, 2.05) is 32.0 Å². The minimum atomic E-state index is -0.470. The zero-order valence-electron chi connectivity index (χ0n) is 13.1. The first-order chi connectivity index (χ1) is 10.1. The average Bonchev–Trinajstić information content (AvgIpc) is 2.47. The fraction of sp³-hybridized carbons (Fsp3) is 0.562. The van der Waals surface area contributed by atoms with Crippen molar-refractivity contribution < 1.29 is 14.6 Å². The Bertz CT molecular complexity index is 449. The van der Waals surface area contributed by atoms with Gasteiger partial charge in [-0.1, -0.05) is 25.5 Å². The third kappa shape index (κ3) is 6.49. The molecule has 0 aliphatic carbocycles. The van der Waals surface area contributed by atoms with E-state index in [0.29, 0.717) is 13.0 Å². The van der Waals surface area contributed by atoms with Crippen LogP contribution in [0.5, 0.6) is 5.75 Å². The molecule has 5 nitrogen and oxygen atoms in total. The molecule has 1 atom stereocenters. The van der Waals surface area contributed by atoms with E-state index in [-0.39, 0.29) is 12.6 Å². The number of aliphatic hydroxyl groups excluding tert-OH is 1. The molecular formula is C16H26N2O3. The van der Waals surface area contributed by atoms with Crippen LogP contribution in [0.25, 0.3) is 0 Å². The maximum Gasteiger partial charge on any atom is 0.314 e. The molecule has 0 heterocycles. The first-order valence-corrected chi connectivity index (χ1v) is 7.40. The van der Waals surface area contributed by atoms with Gasteiger partial charge in [-0.2, -0.15) is 0 Å². The molecule has 2 amide bonds. The van der Waals surface area contributed by atoms with E-state index in [9.17, 15) is 9.90 Å².